The molecule has 0 aliphatic rings. The topological polar surface area (TPSA) is 39.1 Å². The van der Waals surface area contributed by atoms with Crippen LogP contribution < -0.4 is 10.1 Å². The van der Waals surface area contributed by atoms with Crippen molar-refractivity contribution in [2.75, 3.05) is 12.4 Å². The molecule has 20 heavy (non-hydrogen) atoms. The van der Waals surface area contributed by atoms with Crippen molar-refractivity contribution in [3.05, 3.63) is 48.5 Å². The molecule has 3 aromatic rings. The standard InChI is InChI=1S/C16H17N3O/c1-3-19-14-10-6-4-8-12(14)17-16(19)18-13-9-5-7-11-15(13)20-2/h4-11H,3H2,1-2H3,(H,17,18). The number of nitrogens with one attached hydrogen (secondary N) is 1. The first-order valence-electron chi connectivity index (χ1n) is 6.68. The molecule has 0 fully saturated rings. The van der Waals surface area contributed by atoms with Gasteiger partial charge in [0.05, 0.1) is 23.8 Å². The maximum atomic E-state index is 5.37. The minimum atomic E-state index is 0.808. The quantitative estimate of drug-likeness (QED) is 0.781. The van der Waals surface area contributed by atoms with Gasteiger partial charge < -0.3 is 14.6 Å². The molecule has 0 spiro atoms. The molecule has 4 heteroatoms. The minimum absolute atomic E-state index is 0.808. The summed E-state index contributed by atoms with van der Waals surface area (Å²) >= 11 is 0. The first-order chi connectivity index (χ1) is 9.83. The number of para-hydroxylation sites is 4. The van der Waals surface area contributed by atoms with Gasteiger partial charge in [-0.15, -0.1) is 0 Å². The molecule has 1 N–H and O–H groups in total. The van der Waals surface area contributed by atoms with Crippen LogP contribution >= 0.6 is 0 Å². The lowest BCUT2D eigenvalue weighted by Crippen LogP contribution is -2.03. The predicted octanol–water partition coefficient (Wildman–Crippen LogP) is 3.81. The Kier molecular flexibility index (Phi) is 3.29. The second-order valence-corrected chi connectivity index (χ2v) is 4.49. The van der Waals surface area contributed by atoms with Crippen LogP contribution in [0.2, 0.25) is 0 Å². The summed E-state index contributed by atoms with van der Waals surface area (Å²) in [6.45, 7) is 2.97. The summed E-state index contributed by atoms with van der Waals surface area (Å²) < 4.78 is 7.52. The Morgan fingerprint density at radius 3 is 2.65 bits per heavy atom. The van der Waals surface area contributed by atoms with E-state index in [-0.39, 0.29) is 0 Å². The molecular weight excluding hydrogens is 250 g/mol. The second-order valence-electron chi connectivity index (χ2n) is 4.49. The summed E-state index contributed by atoms with van der Waals surface area (Å²) in [4.78, 5) is 4.65. The Morgan fingerprint density at radius 2 is 1.85 bits per heavy atom. The molecule has 0 unspecified atom stereocenters. The SMILES string of the molecule is CCn1c(Nc2ccccc2OC)nc2ccccc21. The number of hydrogen-bond donors (Lipinski definition) is 1. The molecular formula is C16H17N3O. The number of nitrogens with zero attached hydrogens (tertiary/aromatic N) is 2. The number of anilines is 2. The summed E-state index contributed by atoms with van der Waals surface area (Å²) in [5.41, 5.74) is 3.04. The number of fused-ring (bicyclic) bond motifs is 1. The molecule has 0 aliphatic heterocycles. The molecule has 0 atom stereocenters. The van der Waals surface area contributed by atoms with Gasteiger partial charge in [-0.1, -0.05) is 24.3 Å². The van der Waals surface area contributed by atoms with Crippen LogP contribution in [0.3, 0.4) is 0 Å². The van der Waals surface area contributed by atoms with Gasteiger partial charge in [-0.25, -0.2) is 4.98 Å². The number of aromatic nitrogens is 2. The molecule has 0 aliphatic carbocycles. The number of ether oxygens (including phenoxy) is 1. The van der Waals surface area contributed by atoms with Crippen molar-refractivity contribution in [3.8, 4) is 5.75 Å². The number of hydrogen-bond acceptors (Lipinski definition) is 3. The van der Waals surface area contributed by atoms with Crippen LogP contribution in [-0.4, -0.2) is 16.7 Å². The van der Waals surface area contributed by atoms with E-state index >= 15 is 0 Å². The number of imidazole rings is 1. The van der Waals surface area contributed by atoms with Crippen LogP contribution in [0, 0.1) is 0 Å². The van der Waals surface area contributed by atoms with Crippen molar-refractivity contribution in [1.29, 1.82) is 0 Å². The first kappa shape index (κ1) is 12.5. The number of aryl methyl sites for hydroxylation is 1. The number of benzene rings is 2. The van der Waals surface area contributed by atoms with Gasteiger partial charge >= 0.3 is 0 Å². The maximum Gasteiger partial charge on any atom is 0.208 e. The molecule has 0 radical (unpaired) electrons. The van der Waals surface area contributed by atoms with Crippen LogP contribution in [0.15, 0.2) is 48.5 Å². The van der Waals surface area contributed by atoms with Gasteiger partial charge in [0.2, 0.25) is 5.95 Å². The largest absolute Gasteiger partial charge is 0.495 e. The van der Waals surface area contributed by atoms with Crippen LogP contribution in [-0.2, 0) is 6.54 Å². The highest BCUT2D eigenvalue weighted by molar-refractivity contribution is 5.80. The average molecular weight is 267 g/mol. The minimum Gasteiger partial charge on any atom is -0.495 e. The van der Waals surface area contributed by atoms with E-state index in [0.717, 1.165) is 35.0 Å². The molecule has 102 valence electrons. The highest BCUT2D eigenvalue weighted by Crippen LogP contribution is 2.28. The molecule has 2 aromatic carbocycles. The van der Waals surface area contributed by atoms with Crippen molar-refractivity contribution < 1.29 is 4.74 Å². The Labute approximate surface area is 118 Å². The Balaban J connectivity index is 2.06. The van der Waals surface area contributed by atoms with Crippen molar-refractivity contribution in [2.24, 2.45) is 0 Å². The van der Waals surface area contributed by atoms with Gasteiger partial charge in [-0.05, 0) is 31.2 Å². The van der Waals surface area contributed by atoms with E-state index in [1.54, 1.807) is 7.11 Å². The molecule has 0 saturated carbocycles. The van der Waals surface area contributed by atoms with Crippen LogP contribution in [0.1, 0.15) is 6.92 Å². The van der Waals surface area contributed by atoms with E-state index in [9.17, 15) is 0 Å². The van der Waals surface area contributed by atoms with Crippen LogP contribution in [0.25, 0.3) is 11.0 Å². The fourth-order valence-corrected chi connectivity index (χ4v) is 2.36. The Bertz CT molecular complexity index is 733. The van der Waals surface area contributed by atoms with Crippen LogP contribution in [0.4, 0.5) is 11.6 Å². The lowest BCUT2D eigenvalue weighted by atomic mass is 10.3. The van der Waals surface area contributed by atoms with Gasteiger partial charge in [0.25, 0.3) is 0 Å². The third-order valence-electron chi connectivity index (χ3n) is 3.32. The van der Waals surface area contributed by atoms with E-state index in [0.29, 0.717) is 0 Å². The third-order valence-corrected chi connectivity index (χ3v) is 3.32. The van der Waals surface area contributed by atoms with Gasteiger partial charge in [0, 0.05) is 6.54 Å². The molecule has 0 bridgehead atoms. The Morgan fingerprint density at radius 1 is 1.10 bits per heavy atom. The maximum absolute atomic E-state index is 5.37. The van der Waals surface area contributed by atoms with Crippen molar-refractivity contribution in [2.45, 2.75) is 13.5 Å². The fraction of sp³-hybridized carbons (Fsp3) is 0.188. The normalized spacial score (nSPS) is 10.7. The molecule has 1 heterocycles. The van der Waals surface area contributed by atoms with E-state index in [1.165, 1.54) is 0 Å². The summed E-state index contributed by atoms with van der Waals surface area (Å²) in [6.07, 6.45) is 0. The summed E-state index contributed by atoms with van der Waals surface area (Å²) in [5, 5.41) is 3.36. The zero-order valence-corrected chi connectivity index (χ0v) is 11.6. The van der Waals surface area contributed by atoms with Crippen molar-refractivity contribution >= 4 is 22.7 Å². The monoisotopic (exact) mass is 267 g/mol. The Hall–Kier alpha value is -2.49. The smallest absolute Gasteiger partial charge is 0.208 e. The summed E-state index contributed by atoms with van der Waals surface area (Å²) in [7, 11) is 1.67. The lowest BCUT2D eigenvalue weighted by Gasteiger charge is -2.11. The molecule has 3 rings (SSSR count). The number of methoxy groups -OCH3 is 1. The van der Waals surface area contributed by atoms with E-state index in [4.69, 9.17) is 4.74 Å². The van der Waals surface area contributed by atoms with E-state index < -0.39 is 0 Å². The zero-order valence-electron chi connectivity index (χ0n) is 11.6. The predicted molar refractivity (Wildman–Crippen MR) is 81.7 cm³/mol. The third kappa shape index (κ3) is 2.09. The van der Waals surface area contributed by atoms with E-state index in [2.05, 4.69) is 27.9 Å². The van der Waals surface area contributed by atoms with Crippen molar-refractivity contribution in [1.82, 2.24) is 9.55 Å². The summed E-state index contributed by atoms with van der Waals surface area (Å²) in [5.74, 6) is 1.64. The molecule has 0 saturated heterocycles. The summed E-state index contributed by atoms with van der Waals surface area (Å²) in [6, 6.07) is 16.0. The van der Waals surface area contributed by atoms with Crippen molar-refractivity contribution in [3.63, 3.8) is 0 Å². The average Bonchev–Trinajstić information content (AvgIpc) is 2.85. The molecule has 4 nitrogen and oxygen atoms in total. The van der Waals surface area contributed by atoms with Gasteiger partial charge in [-0.3, -0.25) is 0 Å². The second kappa shape index (κ2) is 5.25. The fourth-order valence-electron chi connectivity index (χ4n) is 2.36. The molecule has 1 aromatic heterocycles. The lowest BCUT2D eigenvalue weighted by molar-refractivity contribution is 0.416. The highest BCUT2D eigenvalue weighted by Gasteiger charge is 2.10. The highest BCUT2D eigenvalue weighted by atomic mass is 16.5. The first-order valence-corrected chi connectivity index (χ1v) is 6.68. The van der Waals surface area contributed by atoms with Gasteiger partial charge in [0.15, 0.2) is 0 Å². The zero-order chi connectivity index (χ0) is 13.9. The number of rotatable bonds is 4. The van der Waals surface area contributed by atoms with E-state index in [1.807, 2.05) is 42.5 Å². The van der Waals surface area contributed by atoms with Gasteiger partial charge in [-0.2, -0.15) is 0 Å². The van der Waals surface area contributed by atoms with Gasteiger partial charge in [0.1, 0.15) is 5.75 Å². The molecule has 0 amide bonds. The van der Waals surface area contributed by atoms with Crippen LogP contribution in [0.5, 0.6) is 5.75 Å².